The van der Waals surface area contributed by atoms with E-state index in [1.54, 1.807) is 31.3 Å². The van der Waals surface area contributed by atoms with Gasteiger partial charge in [0.1, 0.15) is 17.5 Å². The zero-order valence-corrected chi connectivity index (χ0v) is 14.0. The maximum Gasteiger partial charge on any atom is 0.255 e. The molecule has 0 bridgehead atoms. The molecule has 0 atom stereocenters. The summed E-state index contributed by atoms with van der Waals surface area (Å²) in [5.74, 6) is 0.449. The summed E-state index contributed by atoms with van der Waals surface area (Å²) in [5.41, 5.74) is 0.375. The van der Waals surface area contributed by atoms with Crippen LogP contribution in [0.15, 0.2) is 36.5 Å². The molecule has 0 unspecified atom stereocenters. The molecule has 116 valence electrons. The Morgan fingerprint density at radius 1 is 1.27 bits per heavy atom. The zero-order valence-electron chi connectivity index (χ0n) is 11.7. The van der Waals surface area contributed by atoms with Gasteiger partial charge in [0.2, 0.25) is 0 Å². The van der Waals surface area contributed by atoms with Gasteiger partial charge in [0, 0.05) is 18.3 Å². The van der Waals surface area contributed by atoms with Gasteiger partial charge in [-0.2, -0.15) is 0 Å². The SMILES string of the molecule is CN(CCOc1cccc(Cl)c1)C(=O)c1cnc(Cl)c(Cl)c1. The largest absolute Gasteiger partial charge is 0.492 e. The van der Waals surface area contributed by atoms with Gasteiger partial charge in [0.05, 0.1) is 17.1 Å². The molecule has 1 heterocycles. The number of hydrogen-bond donors (Lipinski definition) is 0. The number of amides is 1. The van der Waals surface area contributed by atoms with Crippen LogP contribution >= 0.6 is 34.8 Å². The van der Waals surface area contributed by atoms with Crippen LogP contribution in [0.5, 0.6) is 5.75 Å². The number of aromatic nitrogens is 1. The van der Waals surface area contributed by atoms with E-state index in [9.17, 15) is 4.79 Å². The topological polar surface area (TPSA) is 42.4 Å². The van der Waals surface area contributed by atoms with E-state index in [-0.39, 0.29) is 16.1 Å². The molecule has 0 saturated heterocycles. The van der Waals surface area contributed by atoms with Gasteiger partial charge in [0.15, 0.2) is 0 Å². The van der Waals surface area contributed by atoms with Crippen LogP contribution in [0.25, 0.3) is 0 Å². The quantitative estimate of drug-likeness (QED) is 0.752. The van der Waals surface area contributed by atoms with Crippen LogP contribution in [0.2, 0.25) is 15.2 Å². The number of carbonyl (C=O) groups excluding carboxylic acids is 1. The fourth-order valence-electron chi connectivity index (χ4n) is 1.72. The van der Waals surface area contributed by atoms with Crippen LogP contribution in [0.4, 0.5) is 0 Å². The smallest absolute Gasteiger partial charge is 0.255 e. The highest BCUT2D eigenvalue weighted by atomic mass is 35.5. The van der Waals surface area contributed by atoms with Crippen molar-refractivity contribution in [1.82, 2.24) is 9.88 Å². The summed E-state index contributed by atoms with van der Waals surface area (Å²) in [6.45, 7) is 0.753. The Hall–Kier alpha value is -1.49. The van der Waals surface area contributed by atoms with E-state index in [4.69, 9.17) is 39.5 Å². The lowest BCUT2D eigenvalue weighted by molar-refractivity contribution is 0.0773. The molecule has 1 amide bonds. The maximum atomic E-state index is 12.2. The summed E-state index contributed by atoms with van der Waals surface area (Å²) in [4.78, 5) is 17.6. The Morgan fingerprint density at radius 3 is 2.73 bits per heavy atom. The summed E-state index contributed by atoms with van der Waals surface area (Å²) >= 11 is 17.5. The van der Waals surface area contributed by atoms with Gasteiger partial charge >= 0.3 is 0 Å². The molecule has 4 nitrogen and oxygen atoms in total. The molecule has 0 aliphatic carbocycles. The third kappa shape index (κ3) is 4.50. The molecule has 2 aromatic rings. The van der Waals surface area contributed by atoms with E-state index >= 15 is 0 Å². The molecule has 0 spiro atoms. The summed E-state index contributed by atoms with van der Waals surface area (Å²) in [5, 5.41) is 1.02. The normalized spacial score (nSPS) is 10.4. The fraction of sp³-hybridized carbons (Fsp3) is 0.200. The number of hydrogen-bond acceptors (Lipinski definition) is 3. The molecule has 1 aromatic heterocycles. The number of benzene rings is 1. The molecule has 1 aromatic carbocycles. The van der Waals surface area contributed by atoms with Crippen molar-refractivity contribution in [2.45, 2.75) is 0 Å². The lowest BCUT2D eigenvalue weighted by Crippen LogP contribution is -2.31. The Bertz CT molecular complexity index is 680. The Balaban J connectivity index is 1.90. The average molecular weight is 360 g/mol. The van der Waals surface area contributed by atoms with Crippen molar-refractivity contribution >= 4 is 40.7 Å². The molecule has 22 heavy (non-hydrogen) atoms. The predicted octanol–water partition coefficient (Wildman–Crippen LogP) is 4.19. The van der Waals surface area contributed by atoms with E-state index in [2.05, 4.69) is 4.98 Å². The number of likely N-dealkylation sites (N-methyl/N-ethyl adjacent to an activating group) is 1. The molecular formula is C15H13Cl3N2O2. The molecule has 0 aliphatic rings. The molecule has 0 radical (unpaired) electrons. The van der Waals surface area contributed by atoms with Crippen molar-refractivity contribution in [3.05, 3.63) is 57.3 Å². The first-order chi connectivity index (χ1) is 10.5. The summed E-state index contributed by atoms with van der Waals surface area (Å²) in [7, 11) is 1.67. The van der Waals surface area contributed by atoms with E-state index in [1.165, 1.54) is 17.2 Å². The zero-order chi connectivity index (χ0) is 16.1. The minimum Gasteiger partial charge on any atom is -0.492 e. The van der Waals surface area contributed by atoms with Gasteiger partial charge in [-0.1, -0.05) is 40.9 Å². The maximum absolute atomic E-state index is 12.2. The van der Waals surface area contributed by atoms with E-state index < -0.39 is 0 Å². The second kappa shape index (κ2) is 7.68. The first kappa shape index (κ1) is 16.9. The van der Waals surface area contributed by atoms with Crippen LogP contribution in [-0.4, -0.2) is 36.0 Å². The number of nitrogens with zero attached hydrogens (tertiary/aromatic N) is 2. The number of rotatable bonds is 5. The Morgan fingerprint density at radius 2 is 2.05 bits per heavy atom. The summed E-state index contributed by atoms with van der Waals surface area (Å²) < 4.78 is 5.55. The molecule has 0 fully saturated rings. The monoisotopic (exact) mass is 358 g/mol. The number of halogens is 3. The van der Waals surface area contributed by atoms with E-state index in [1.807, 2.05) is 0 Å². The molecule has 0 saturated carbocycles. The Kier molecular flexibility index (Phi) is 5.89. The van der Waals surface area contributed by atoms with Crippen LogP contribution in [0, 0.1) is 0 Å². The lowest BCUT2D eigenvalue weighted by atomic mass is 10.2. The average Bonchev–Trinajstić information content (AvgIpc) is 2.49. The van der Waals surface area contributed by atoms with Gasteiger partial charge in [0.25, 0.3) is 5.91 Å². The summed E-state index contributed by atoms with van der Waals surface area (Å²) in [6, 6.07) is 8.58. The first-order valence-electron chi connectivity index (χ1n) is 6.42. The van der Waals surface area contributed by atoms with Gasteiger partial charge in [-0.3, -0.25) is 4.79 Å². The van der Waals surface area contributed by atoms with Crippen molar-refractivity contribution in [2.75, 3.05) is 20.2 Å². The van der Waals surface area contributed by atoms with Gasteiger partial charge in [-0.25, -0.2) is 4.98 Å². The number of ether oxygens (including phenoxy) is 1. The standard InChI is InChI=1S/C15H13Cl3N2O2/c1-20(5-6-22-12-4-2-3-11(16)8-12)15(21)10-7-13(17)14(18)19-9-10/h2-4,7-9H,5-6H2,1H3. The van der Waals surface area contributed by atoms with Crippen molar-refractivity contribution in [3.8, 4) is 5.75 Å². The number of carbonyl (C=O) groups is 1. The highest BCUT2D eigenvalue weighted by Crippen LogP contribution is 2.20. The predicted molar refractivity (Wildman–Crippen MR) is 88.2 cm³/mol. The van der Waals surface area contributed by atoms with Crippen LogP contribution < -0.4 is 4.74 Å². The molecule has 2 rings (SSSR count). The van der Waals surface area contributed by atoms with Crippen molar-refractivity contribution in [3.63, 3.8) is 0 Å². The van der Waals surface area contributed by atoms with E-state index in [0.29, 0.717) is 29.5 Å². The molecule has 0 N–H and O–H groups in total. The number of pyridine rings is 1. The third-order valence-corrected chi connectivity index (χ3v) is 3.80. The van der Waals surface area contributed by atoms with Crippen molar-refractivity contribution in [1.29, 1.82) is 0 Å². The lowest BCUT2D eigenvalue weighted by Gasteiger charge is -2.17. The minimum absolute atomic E-state index is 0.171. The minimum atomic E-state index is -0.208. The molecular weight excluding hydrogens is 347 g/mol. The van der Waals surface area contributed by atoms with Gasteiger partial charge in [-0.05, 0) is 24.3 Å². The van der Waals surface area contributed by atoms with Gasteiger partial charge < -0.3 is 9.64 Å². The third-order valence-electron chi connectivity index (χ3n) is 2.88. The highest BCUT2D eigenvalue weighted by Gasteiger charge is 2.13. The second-order valence-corrected chi connectivity index (χ2v) is 5.73. The molecule has 0 aliphatic heterocycles. The summed E-state index contributed by atoms with van der Waals surface area (Å²) in [6.07, 6.45) is 1.39. The molecule has 7 heteroatoms. The van der Waals surface area contributed by atoms with Crippen LogP contribution in [-0.2, 0) is 0 Å². The Labute approximate surface area is 143 Å². The van der Waals surface area contributed by atoms with Crippen molar-refractivity contribution in [2.24, 2.45) is 0 Å². The van der Waals surface area contributed by atoms with Crippen LogP contribution in [0.3, 0.4) is 0 Å². The van der Waals surface area contributed by atoms with Crippen LogP contribution in [0.1, 0.15) is 10.4 Å². The van der Waals surface area contributed by atoms with Crippen molar-refractivity contribution < 1.29 is 9.53 Å². The second-order valence-electron chi connectivity index (χ2n) is 4.53. The van der Waals surface area contributed by atoms with Gasteiger partial charge in [-0.15, -0.1) is 0 Å². The van der Waals surface area contributed by atoms with E-state index in [0.717, 1.165) is 0 Å². The fourth-order valence-corrected chi connectivity index (χ4v) is 2.17. The highest BCUT2D eigenvalue weighted by molar-refractivity contribution is 6.41. The first-order valence-corrected chi connectivity index (χ1v) is 7.55.